The lowest BCUT2D eigenvalue weighted by molar-refractivity contribution is 0.0510. The molecule has 4 heteroatoms. The van der Waals surface area contributed by atoms with E-state index in [1.165, 1.54) is 6.07 Å². The fraction of sp³-hybridized carbons (Fsp3) is 0.625. The lowest BCUT2D eigenvalue weighted by Gasteiger charge is -2.40. The van der Waals surface area contributed by atoms with Crippen LogP contribution in [0.1, 0.15) is 44.7 Å². The number of hydrogen-bond acceptors (Lipinski definition) is 3. The third-order valence-electron chi connectivity index (χ3n) is 4.18. The van der Waals surface area contributed by atoms with E-state index in [0.717, 1.165) is 42.9 Å². The van der Waals surface area contributed by atoms with Gasteiger partial charge in [-0.05, 0) is 25.5 Å². The van der Waals surface area contributed by atoms with Crippen molar-refractivity contribution in [2.75, 3.05) is 12.3 Å². The monoisotopic (exact) mass is 295 g/mol. The van der Waals surface area contributed by atoms with Gasteiger partial charge >= 0.3 is 0 Å². The highest BCUT2D eigenvalue weighted by Crippen LogP contribution is 2.48. The second-order valence-electron chi connectivity index (χ2n) is 6.00. The Kier molecular flexibility index (Phi) is 3.95. The molecular formula is C16H22FNOS. The van der Waals surface area contributed by atoms with E-state index >= 15 is 0 Å². The van der Waals surface area contributed by atoms with Gasteiger partial charge in [-0.1, -0.05) is 19.9 Å². The lowest BCUT2D eigenvalue weighted by atomic mass is 9.85. The molecule has 0 aliphatic carbocycles. The van der Waals surface area contributed by atoms with E-state index in [4.69, 9.17) is 4.74 Å². The molecule has 1 spiro atoms. The third kappa shape index (κ3) is 2.68. The topological polar surface area (TPSA) is 21.3 Å². The summed E-state index contributed by atoms with van der Waals surface area (Å²) in [6.07, 6.45) is 3.15. The Balaban J connectivity index is 1.91. The lowest BCUT2D eigenvalue weighted by Crippen LogP contribution is -2.44. The molecule has 1 aromatic carbocycles. The summed E-state index contributed by atoms with van der Waals surface area (Å²) in [5.74, 6) is 1.53. The molecular weight excluding hydrogens is 273 g/mol. The van der Waals surface area contributed by atoms with Crippen molar-refractivity contribution >= 4 is 11.8 Å². The van der Waals surface area contributed by atoms with Crippen LogP contribution in [-0.2, 0) is 0 Å². The number of ether oxygens (including phenoxy) is 1. The molecule has 0 aromatic heterocycles. The Morgan fingerprint density at radius 2 is 2.30 bits per heavy atom. The van der Waals surface area contributed by atoms with E-state index < -0.39 is 0 Å². The van der Waals surface area contributed by atoms with Gasteiger partial charge in [0.05, 0.1) is 0 Å². The van der Waals surface area contributed by atoms with Gasteiger partial charge in [0.25, 0.3) is 0 Å². The summed E-state index contributed by atoms with van der Waals surface area (Å²) in [4.78, 5) is 0. The van der Waals surface area contributed by atoms with Crippen LogP contribution in [0.15, 0.2) is 18.2 Å². The van der Waals surface area contributed by atoms with E-state index in [2.05, 4.69) is 19.2 Å². The number of halogens is 1. The standard InChI is InChI=1S/C16H22FNOS/c1-3-6-18-14-9-16(8-11(2)20-10-16)19-15-7-12(17)4-5-13(14)15/h4-5,7,11,14,18H,3,6,8-10H2,1-2H3. The van der Waals surface area contributed by atoms with Gasteiger partial charge in [0.15, 0.2) is 0 Å². The molecule has 0 bridgehead atoms. The molecule has 1 saturated heterocycles. The summed E-state index contributed by atoms with van der Waals surface area (Å²) in [6, 6.07) is 5.23. The minimum Gasteiger partial charge on any atom is -0.486 e. The first-order valence-corrected chi connectivity index (χ1v) is 8.50. The second-order valence-corrected chi connectivity index (χ2v) is 7.43. The van der Waals surface area contributed by atoms with Gasteiger partial charge in [-0.3, -0.25) is 0 Å². The number of nitrogens with one attached hydrogen (secondary N) is 1. The molecule has 1 fully saturated rings. The summed E-state index contributed by atoms with van der Waals surface area (Å²) >= 11 is 1.96. The molecule has 3 rings (SSSR count). The summed E-state index contributed by atoms with van der Waals surface area (Å²) in [5, 5.41) is 4.22. The van der Waals surface area contributed by atoms with Crippen LogP contribution < -0.4 is 10.1 Å². The zero-order chi connectivity index (χ0) is 14.2. The van der Waals surface area contributed by atoms with Crippen molar-refractivity contribution in [3.8, 4) is 5.75 Å². The van der Waals surface area contributed by atoms with Crippen LogP contribution in [0.2, 0.25) is 0 Å². The fourth-order valence-electron chi connectivity index (χ4n) is 3.29. The largest absolute Gasteiger partial charge is 0.486 e. The number of benzene rings is 1. The van der Waals surface area contributed by atoms with Crippen LogP contribution in [0.3, 0.4) is 0 Å². The first-order chi connectivity index (χ1) is 9.62. The zero-order valence-electron chi connectivity index (χ0n) is 12.1. The van der Waals surface area contributed by atoms with Gasteiger partial charge in [-0.2, -0.15) is 11.8 Å². The first-order valence-electron chi connectivity index (χ1n) is 7.45. The van der Waals surface area contributed by atoms with E-state index in [1.807, 2.05) is 17.8 Å². The highest BCUT2D eigenvalue weighted by atomic mass is 32.2. The third-order valence-corrected chi connectivity index (χ3v) is 5.61. The van der Waals surface area contributed by atoms with Crippen LogP contribution in [-0.4, -0.2) is 23.1 Å². The second kappa shape index (κ2) is 5.57. The van der Waals surface area contributed by atoms with Crippen molar-refractivity contribution in [3.63, 3.8) is 0 Å². The SMILES string of the molecule is CCCNC1CC2(CSC(C)C2)Oc2cc(F)ccc21. The number of hydrogen-bond donors (Lipinski definition) is 1. The predicted molar refractivity (Wildman–Crippen MR) is 81.9 cm³/mol. The number of fused-ring (bicyclic) bond motifs is 1. The van der Waals surface area contributed by atoms with Crippen LogP contribution in [0.5, 0.6) is 5.75 Å². The van der Waals surface area contributed by atoms with Gasteiger partial charge in [-0.15, -0.1) is 0 Å². The van der Waals surface area contributed by atoms with Crippen LogP contribution in [0.4, 0.5) is 4.39 Å². The van der Waals surface area contributed by atoms with Crippen molar-refractivity contribution in [2.24, 2.45) is 0 Å². The maximum atomic E-state index is 13.5. The Labute approximate surface area is 124 Å². The Morgan fingerprint density at radius 3 is 3.00 bits per heavy atom. The van der Waals surface area contributed by atoms with Gasteiger partial charge < -0.3 is 10.1 Å². The molecule has 0 radical (unpaired) electrons. The smallest absolute Gasteiger partial charge is 0.127 e. The predicted octanol–water partition coefficient (Wildman–Crippen LogP) is 3.91. The maximum absolute atomic E-state index is 13.5. The molecule has 2 aliphatic heterocycles. The molecule has 0 saturated carbocycles. The fourth-order valence-corrected chi connectivity index (χ4v) is 4.60. The highest BCUT2D eigenvalue weighted by Gasteiger charge is 2.45. The molecule has 1 N–H and O–H groups in total. The molecule has 20 heavy (non-hydrogen) atoms. The normalized spacial score (nSPS) is 32.1. The maximum Gasteiger partial charge on any atom is 0.127 e. The highest BCUT2D eigenvalue weighted by molar-refractivity contribution is 8.00. The molecule has 0 amide bonds. The molecule has 2 aliphatic rings. The van der Waals surface area contributed by atoms with E-state index in [9.17, 15) is 4.39 Å². The van der Waals surface area contributed by atoms with Crippen molar-refractivity contribution < 1.29 is 9.13 Å². The minimum atomic E-state index is -0.214. The van der Waals surface area contributed by atoms with Gasteiger partial charge in [0, 0.05) is 35.1 Å². The Morgan fingerprint density at radius 1 is 1.45 bits per heavy atom. The van der Waals surface area contributed by atoms with Crippen LogP contribution in [0, 0.1) is 5.82 Å². The van der Waals surface area contributed by atoms with E-state index in [-0.39, 0.29) is 17.5 Å². The molecule has 2 nitrogen and oxygen atoms in total. The summed E-state index contributed by atoms with van der Waals surface area (Å²) in [5.41, 5.74) is 0.992. The summed E-state index contributed by atoms with van der Waals surface area (Å²) < 4.78 is 19.8. The Hall–Kier alpha value is -0.740. The van der Waals surface area contributed by atoms with E-state index in [0.29, 0.717) is 5.25 Å². The molecule has 1 aromatic rings. The van der Waals surface area contributed by atoms with Crippen molar-refractivity contribution in [2.45, 2.75) is 50.0 Å². The van der Waals surface area contributed by atoms with E-state index in [1.54, 1.807) is 6.07 Å². The van der Waals surface area contributed by atoms with Crippen molar-refractivity contribution in [3.05, 3.63) is 29.6 Å². The average molecular weight is 295 g/mol. The minimum absolute atomic E-state index is 0.115. The van der Waals surface area contributed by atoms with Gasteiger partial charge in [-0.25, -0.2) is 4.39 Å². The first kappa shape index (κ1) is 14.2. The Bertz CT molecular complexity index is 495. The number of rotatable bonds is 3. The summed E-state index contributed by atoms with van der Waals surface area (Å²) in [6.45, 7) is 5.40. The average Bonchev–Trinajstić information content (AvgIpc) is 2.76. The summed E-state index contributed by atoms with van der Waals surface area (Å²) in [7, 11) is 0. The van der Waals surface area contributed by atoms with Crippen LogP contribution in [0.25, 0.3) is 0 Å². The zero-order valence-corrected chi connectivity index (χ0v) is 12.9. The van der Waals surface area contributed by atoms with Gasteiger partial charge in [0.1, 0.15) is 17.2 Å². The molecule has 3 atom stereocenters. The van der Waals surface area contributed by atoms with Crippen LogP contribution >= 0.6 is 11.8 Å². The number of thioether (sulfide) groups is 1. The molecule has 2 heterocycles. The van der Waals surface area contributed by atoms with Gasteiger partial charge in [0.2, 0.25) is 0 Å². The molecule has 110 valence electrons. The quantitative estimate of drug-likeness (QED) is 0.913. The molecule has 3 unspecified atom stereocenters. The van der Waals surface area contributed by atoms with Crippen molar-refractivity contribution in [1.29, 1.82) is 0 Å². The van der Waals surface area contributed by atoms with Crippen molar-refractivity contribution in [1.82, 2.24) is 5.32 Å².